The molecule has 0 unspecified atom stereocenters. The van der Waals surface area contributed by atoms with Crippen molar-refractivity contribution in [3.8, 4) is 0 Å². The number of hydrogen-bond acceptors (Lipinski definition) is 4. The minimum atomic E-state index is 0.838. The van der Waals surface area contributed by atoms with Gasteiger partial charge in [-0.05, 0) is 19.0 Å². The molecule has 2 N–H and O–H groups in total. The highest BCUT2D eigenvalue weighted by Gasteiger charge is 2.00. The van der Waals surface area contributed by atoms with Gasteiger partial charge in [0.2, 0.25) is 0 Å². The molecule has 0 bridgehead atoms. The molecule has 0 aromatic rings. The van der Waals surface area contributed by atoms with Crippen LogP contribution in [-0.2, 0) is 0 Å². The highest BCUT2D eigenvalue weighted by Crippen LogP contribution is 2.08. The first-order valence-electron chi connectivity index (χ1n) is 7.64. The van der Waals surface area contributed by atoms with Crippen LogP contribution in [0.25, 0.3) is 0 Å². The molecule has 3 nitrogen and oxygen atoms in total. The summed E-state index contributed by atoms with van der Waals surface area (Å²) < 4.78 is 0. The molecule has 110 valence electrons. The van der Waals surface area contributed by atoms with Gasteiger partial charge in [-0.15, -0.1) is 12.6 Å². The molecular weight excluding hydrogens is 254 g/mol. The fourth-order valence-corrected chi connectivity index (χ4v) is 2.21. The Morgan fingerprint density at radius 2 is 1.79 bits per heavy atom. The van der Waals surface area contributed by atoms with E-state index < -0.39 is 0 Å². The highest BCUT2D eigenvalue weighted by molar-refractivity contribution is 7.84. The lowest BCUT2D eigenvalue weighted by atomic mass is 10.1. The van der Waals surface area contributed by atoms with Crippen LogP contribution in [0.2, 0.25) is 0 Å². The zero-order valence-corrected chi connectivity index (χ0v) is 13.1. The van der Waals surface area contributed by atoms with Crippen LogP contribution in [0.1, 0.15) is 58.3 Å². The van der Waals surface area contributed by atoms with Crippen molar-refractivity contribution in [3.63, 3.8) is 0 Å². The predicted molar refractivity (Wildman–Crippen MR) is 86.7 cm³/mol. The molecule has 0 saturated heterocycles. The smallest absolute Gasteiger partial charge is 0.0881 e. The summed E-state index contributed by atoms with van der Waals surface area (Å²) in [5, 5.41) is 5.46. The Hall–Kier alpha value is -0.610. The fraction of sp³-hybridized carbons (Fsp3) is 0.733. The van der Waals surface area contributed by atoms with Gasteiger partial charge in [0, 0.05) is 17.3 Å². The lowest BCUT2D eigenvalue weighted by Crippen LogP contribution is -2.39. The van der Waals surface area contributed by atoms with E-state index in [0.29, 0.717) is 0 Å². The van der Waals surface area contributed by atoms with Gasteiger partial charge in [0.05, 0.1) is 6.67 Å². The van der Waals surface area contributed by atoms with Crippen molar-refractivity contribution in [2.24, 2.45) is 0 Å². The Kier molecular flexibility index (Phi) is 9.72. The van der Waals surface area contributed by atoms with Crippen LogP contribution < -0.4 is 10.7 Å². The van der Waals surface area contributed by atoms with E-state index in [1.54, 1.807) is 0 Å². The Labute approximate surface area is 123 Å². The summed E-state index contributed by atoms with van der Waals surface area (Å²) in [6.07, 6.45) is 16.9. The first-order valence-corrected chi connectivity index (χ1v) is 8.08. The van der Waals surface area contributed by atoms with Crippen molar-refractivity contribution >= 4 is 12.6 Å². The van der Waals surface area contributed by atoms with Crippen molar-refractivity contribution in [3.05, 3.63) is 23.4 Å². The molecule has 1 aliphatic rings. The van der Waals surface area contributed by atoms with Crippen LogP contribution in [-0.4, -0.2) is 18.2 Å². The normalized spacial score (nSPS) is 14.4. The van der Waals surface area contributed by atoms with Crippen LogP contribution in [0.5, 0.6) is 0 Å². The molecule has 0 radical (unpaired) electrons. The molecule has 4 heteroatoms. The molecular formula is C15H29N3S. The SMILES string of the molecule is CCCCCCCCCCNCN1C=CC(S)=CN1. The molecule has 0 spiro atoms. The van der Waals surface area contributed by atoms with E-state index in [2.05, 4.69) is 30.3 Å². The minimum absolute atomic E-state index is 0.838. The maximum atomic E-state index is 4.24. The molecule has 19 heavy (non-hydrogen) atoms. The van der Waals surface area contributed by atoms with Crippen molar-refractivity contribution in [2.45, 2.75) is 58.3 Å². The van der Waals surface area contributed by atoms with Crippen LogP contribution in [0.3, 0.4) is 0 Å². The van der Waals surface area contributed by atoms with Crippen LogP contribution in [0.15, 0.2) is 23.4 Å². The van der Waals surface area contributed by atoms with Crippen molar-refractivity contribution in [1.29, 1.82) is 0 Å². The van der Waals surface area contributed by atoms with E-state index >= 15 is 0 Å². The number of nitrogens with one attached hydrogen (secondary N) is 2. The highest BCUT2D eigenvalue weighted by atomic mass is 32.1. The summed E-state index contributed by atoms with van der Waals surface area (Å²) in [4.78, 5) is 0.958. The largest absolute Gasteiger partial charge is 0.304 e. The minimum Gasteiger partial charge on any atom is -0.304 e. The van der Waals surface area contributed by atoms with Crippen molar-refractivity contribution < 1.29 is 0 Å². The van der Waals surface area contributed by atoms with E-state index in [0.717, 1.165) is 18.1 Å². The van der Waals surface area contributed by atoms with Crippen molar-refractivity contribution in [1.82, 2.24) is 15.8 Å². The zero-order valence-electron chi connectivity index (χ0n) is 12.2. The molecule has 1 heterocycles. The second kappa shape index (κ2) is 11.2. The Balaban J connectivity index is 1.80. The van der Waals surface area contributed by atoms with Crippen LogP contribution >= 0.6 is 12.6 Å². The van der Waals surface area contributed by atoms with Crippen LogP contribution in [0, 0.1) is 0 Å². The van der Waals surface area contributed by atoms with Crippen LogP contribution in [0.4, 0.5) is 0 Å². The first-order chi connectivity index (χ1) is 9.33. The summed E-state index contributed by atoms with van der Waals surface area (Å²) >= 11 is 4.24. The van der Waals surface area contributed by atoms with E-state index in [-0.39, 0.29) is 0 Å². The molecule has 0 fully saturated rings. The average molecular weight is 283 g/mol. The summed E-state index contributed by atoms with van der Waals surface area (Å²) in [5.74, 6) is 0. The van der Waals surface area contributed by atoms with E-state index in [4.69, 9.17) is 0 Å². The van der Waals surface area contributed by atoms with Gasteiger partial charge in [0.1, 0.15) is 0 Å². The predicted octanol–water partition coefficient (Wildman–Crippen LogP) is 3.78. The molecule has 1 aliphatic heterocycles. The lowest BCUT2D eigenvalue weighted by molar-refractivity contribution is 0.285. The Bertz CT molecular complexity index is 277. The molecule has 0 saturated carbocycles. The number of hydrogen-bond donors (Lipinski definition) is 3. The lowest BCUT2D eigenvalue weighted by Gasteiger charge is -2.23. The topological polar surface area (TPSA) is 27.3 Å². The number of thiol groups is 1. The van der Waals surface area contributed by atoms with E-state index in [1.165, 1.54) is 51.4 Å². The summed E-state index contributed by atoms with van der Waals surface area (Å²) in [6, 6.07) is 0. The molecule has 0 aromatic carbocycles. The standard InChI is InChI=1S/C15H29N3S/c1-2-3-4-5-6-7-8-9-11-16-14-18-12-10-15(19)13-17-18/h10,12-13,16-17,19H,2-9,11,14H2,1H3. The molecule has 0 aromatic heterocycles. The summed E-state index contributed by atoms with van der Waals surface area (Å²) in [5.41, 5.74) is 3.15. The molecule has 0 aliphatic carbocycles. The van der Waals surface area contributed by atoms with E-state index in [9.17, 15) is 0 Å². The van der Waals surface area contributed by atoms with Gasteiger partial charge in [0.25, 0.3) is 0 Å². The third-order valence-electron chi connectivity index (χ3n) is 3.29. The van der Waals surface area contributed by atoms with Gasteiger partial charge in [-0.3, -0.25) is 10.3 Å². The van der Waals surface area contributed by atoms with Gasteiger partial charge >= 0.3 is 0 Å². The fourth-order valence-electron chi connectivity index (χ4n) is 2.09. The van der Waals surface area contributed by atoms with Gasteiger partial charge in [0.15, 0.2) is 0 Å². The third kappa shape index (κ3) is 9.00. The monoisotopic (exact) mass is 283 g/mol. The van der Waals surface area contributed by atoms with Gasteiger partial charge in [-0.2, -0.15) is 0 Å². The molecule has 0 atom stereocenters. The maximum Gasteiger partial charge on any atom is 0.0881 e. The number of unbranched alkanes of at least 4 members (excludes halogenated alkanes) is 7. The number of rotatable bonds is 11. The van der Waals surface area contributed by atoms with E-state index in [1.807, 2.05) is 23.5 Å². The molecule has 0 amide bonds. The Morgan fingerprint density at radius 3 is 2.42 bits per heavy atom. The van der Waals surface area contributed by atoms with Gasteiger partial charge in [-0.1, -0.05) is 51.9 Å². The summed E-state index contributed by atoms with van der Waals surface area (Å²) in [6.45, 7) is 4.20. The second-order valence-electron chi connectivity index (χ2n) is 5.12. The van der Waals surface area contributed by atoms with Crippen molar-refractivity contribution in [2.75, 3.05) is 13.2 Å². The quantitative estimate of drug-likeness (QED) is 0.398. The number of hydrazine groups is 1. The summed E-state index contributed by atoms with van der Waals surface area (Å²) in [7, 11) is 0. The Morgan fingerprint density at radius 1 is 1.11 bits per heavy atom. The first kappa shape index (κ1) is 16.4. The second-order valence-corrected chi connectivity index (χ2v) is 5.63. The zero-order chi connectivity index (χ0) is 13.8. The molecule has 1 rings (SSSR count). The number of allylic oxidation sites excluding steroid dienone is 1. The maximum absolute atomic E-state index is 4.24. The number of nitrogens with zero attached hydrogens (tertiary/aromatic N) is 1. The third-order valence-corrected chi connectivity index (χ3v) is 3.57. The van der Waals surface area contributed by atoms with Gasteiger partial charge < -0.3 is 5.43 Å². The average Bonchev–Trinajstić information content (AvgIpc) is 2.43. The van der Waals surface area contributed by atoms with Gasteiger partial charge in [-0.25, -0.2) is 0 Å².